The molecule has 5 heteroatoms. The predicted molar refractivity (Wildman–Crippen MR) is 98.7 cm³/mol. The molecule has 0 radical (unpaired) electrons. The van der Waals surface area contributed by atoms with Gasteiger partial charge in [-0.2, -0.15) is 0 Å². The van der Waals surface area contributed by atoms with Crippen LogP contribution in [0, 0.1) is 11.8 Å². The smallest absolute Gasteiger partial charge is 0.410 e. The molecule has 0 atom stereocenters. The van der Waals surface area contributed by atoms with Gasteiger partial charge in [-0.1, -0.05) is 43.2 Å². The molecule has 1 aromatic rings. The number of carbonyl (C=O) groups excluding carboxylic acids is 1. The van der Waals surface area contributed by atoms with Crippen molar-refractivity contribution in [1.29, 1.82) is 0 Å². The first-order chi connectivity index (χ1) is 12.6. The third kappa shape index (κ3) is 4.99. The van der Waals surface area contributed by atoms with Gasteiger partial charge in [0.1, 0.15) is 6.61 Å². The Bertz CT molecular complexity index is 589. The van der Waals surface area contributed by atoms with E-state index in [1.165, 1.54) is 12.8 Å². The Balaban J connectivity index is 1.56. The topological polar surface area (TPSA) is 66.8 Å². The highest BCUT2D eigenvalue weighted by molar-refractivity contribution is 5.70. The standard InChI is InChI=1S/C21H29NO4/c23-20(24)18-12-10-16(11-13-18)14-22(19-8-4-5-9-19)21(25)26-15-17-6-2-1-3-7-17/h1-3,6-7,16,18-19H,4-5,8-15H2,(H,23,24). The average molecular weight is 359 g/mol. The van der Waals surface area contributed by atoms with Crippen LogP contribution in [0.4, 0.5) is 4.79 Å². The Hall–Kier alpha value is -2.04. The van der Waals surface area contributed by atoms with Crippen LogP contribution in [0.1, 0.15) is 56.9 Å². The lowest BCUT2D eigenvalue weighted by atomic mass is 9.81. The van der Waals surface area contributed by atoms with E-state index in [2.05, 4.69) is 0 Å². The first kappa shape index (κ1) is 18.7. The number of hydrogen-bond acceptors (Lipinski definition) is 3. The van der Waals surface area contributed by atoms with E-state index in [0.29, 0.717) is 19.1 Å². The summed E-state index contributed by atoms with van der Waals surface area (Å²) in [5, 5.41) is 9.16. The van der Waals surface area contributed by atoms with Gasteiger partial charge in [-0.15, -0.1) is 0 Å². The lowest BCUT2D eigenvalue weighted by molar-refractivity contribution is -0.143. The highest BCUT2D eigenvalue weighted by Gasteiger charge is 2.32. The largest absolute Gasteiger partial charge is 0.481 e. The highest BCUT2D eigenvalue weighted by atomic mass is 16.6. The van der Waals surface area contributed by atoms with Crippen LogP contribution < -0.4 is 0 Å². The van der Waals surface area contributed by atoms with E-state index in [1.54, 1.807) is 0 Å². The molecule has 2 aliphatic rings. The molecule has 0 aliphatic heterocycles. The quantitative estimate of drug-likeness (QED) is 0.814. The number of hydrogen-bond donors (Lipinski definition) is 1. The zero-order chi connectivity index (χ0) is 18.4. The molecule has 0 aromatic heterocycles. The Kier molecular flexibility index (Phi) is 6.53. The molecule has 2 aliphatic carbocycles. The van der Waals surface area contributed by atoms with Gasteiger partial charge in [-0.3, -0.25) is 4.79 Å². The average Bonchev–Trinajstić information content (AvgIpc) is 3.20. The van der Waals surface area contributed by atoms with Crippen molar-refractivity contribution < 1.29 is 19.4 Å². The van der Waals surface area contributed by atoms with E-state index >= 15 is 0 Å². The number of ether oxygens (including phenoxy) is 1. The van der Waals surface area contributed by atoms with Gasteiger partial charge in [0.15, 0.2) is 0 Å². The molecule has 2 fully saturated rings. The molecule has 1 N–H and O–H groups in total. The maximum Gasteiger partial charge on any atom is 0.410 e. The van der Waals surface area contributed by atoms with Gasteiger partial charge in [0, 0.05) is 12.6 Å². The van der Waals surface area contributed by atoms with Crippen LogP contribution in [0.3, 0.4) is 0 Å². The number of carboxylic acids is 1. The number of carboxylic acid groups (broad SMARTS) is 1. The number of aliphatic carboxylic acids is 1. The van der Waals surface area contributed by atoms with E-state index in [4.69, 9.17) is 9.84 Å². The molecular formula is C21H29NO4. The zero-order valence-electron chi connectivity index (χ0n) is 15.3. The number of nitrogens with zero attached hydrogens (tertiary/aromatic N) is 1. The summed E-state index contributed by atoms with van der Waals surface area (Å²) in [6, 6.07) is 10.0. The molecule has 26 heavy (non-hydrogen) atoms. The lowest BCUT2D eigenvalue weighted by Gasteiger charge is -2.34. The number of amides is 1. The molecule has 142 valence electrons. The summed E-state index contributed by atoms with van der Waals surface area (Å²) in [6.07, 6.45) is 7.40. The fraction of sp³-hybridized carbons (Fsp3) is 0.619. The van der Waals surface area contributed by atoms with Gasteiger partial charge in [0.25, 0.3) is 0 Å². The molecule has 1 amide bonds. The second kappa shape index (κ2) is 9.06. The summed E-state index contributed by atoms with van der Waals surface area (Å²) in [5.74, 6) is -0.509. The maximum absolute atomic E-state index is 12.8. The minimum absolute atomic E-state index is 0.212. The minimum atomic E-state index is -0.682. The molecule has 1 aromatic carbocycles. The molecule has 0 heterocycles. The Morgan fingerprint density at radius 2 is 1.65 bits per heavy atom. The van der Waals surface area contributed by atoms with Crippen LogP contribution in [0.5, 0.6) is 0 Å². The Labute approximate surface area is 155 Å². The van der Waals surface area contributed by atoms with E-state index in [-0.39, 0.29) is 18.1 Å². The van der Waals surface area contributed by atoms with E-state index < -0.39 is 5.97 Å². The van der Waals surface area contributed by atoms with Gasteiger partial charge in [-0.25, -0.2) is 4.79 Å². The van der Waals surface area contributed by atoms with Gasteiger partial charge in [-0.05, 0) is 50.0 Å². The van der Waals surface area contributed by atoms with Gasteiger partial charge in [0.05, 0.1) is 5.92 Å². The summed E-state index contributed by atoms with van der Waals surface area (Å²) >= 11 is 0. The van der Waals surface area contributed by atoms with Gasteiger partial charge >= 0.3 is 12.1 Å². The van der Waals surface area contributed by atoms with Crippen LogP contribution in [-0.2, 0) is 16.1 Å². The SMILES string of the molecule is O=C(O)C1CCC(CN(C(=O)OCc2ccccc2)C2CCCC2)CC1. The van der Waals surface area contributed by atoms with Crippen molar-refractivity contribution in [3.8, 4) is 0 Å². The molecule has 2 saturated carbocycles. The van der Waals surface area contributed by atoms with Crippen molar-refractivity contribution in [3.05, 3.63) is 35.9 Å². The van der Waals surface area contributed by atoms with Crippen LogP contribution in [0.15, 0.2) is 30.3 Å². The molecular weight excluding hydrogens is 330 g/mol. The van der Waals surface area contributed by atoms with Crippen molar-refractivity contribution in [2.24, 2.45) is 11.8 Å². The first-order valence-corrected chi connectivity index (χ1v) is 9.83. The Morgan fingerprint density at radius 1 is 1.00 bits per heavy atom. The van der Waals surface area contributed by atoms with Crippen LogP contribution >= 0.6 is 0 Å². The maximum atomic E-state index is 12.8. The fourth-order valence-corrected chi connectivity index (χ4v) is 4.26. The summed E-state index contributed by atoms with van der Waals surface area (Å²) in [4.78, 5) is 25.8. The second-order valence-electron chi connectivity index (χ2n) is 7.69. The summed E-state index contributed by atoms with van der Waals surface area (Å²) in [5.41, 5.74) is 0.995. The predicted octanol–water partition coefficient (Wildman–Crippen LogP) is 4.46. The van der Waals surface area contributed by atoms with Gasteiger partial charge in [0.2, 0.25) is 0 Å². The second-order valence-corrected chi connectivity index (χ2v) is 7.69. The normalized spacial score (nSPS) is 23.5. The zero-order valence-corrected chi connectivity index (χ0v) is 15.3. The third-order valence-corrected chi connectivity index (χ3v) is 5.86. The van der Waals surface area contributed by atoms with E-state index in [0.717, 1.165) is 44.1 Å². The molecule has 0 bridgehead atoms. The lowest BCUT2D eigenvalue weighted by Crippen LogP contribution is -2.43. The summed E-state index contributed by atoms with van der Waals surface area (Å²) in [6.45, 7) is 0.999. The monoisotopic (exact) mass is 359 g/mol. The van der Waals surface area contributed by atoms with Crippen LogP contribution in [-0.4, -0.2) is 34.7 Å². The molecule has 3 rings (SSSR count). The number of carbonyl (C=O) groups is 2. The molecule has 0 spiro atoms. The van der Waals surface area contributed by atoms with E-state index in [9.17, 15) is 9.59 Å². The molecule has 0 saturated heterocycles. The number of rotatable bonds is 6. The first-order valence-electron chi connectivity index (χ1n) is 9.83. The third-order valence-electron chi connectivity index (χ3n) is 5.86. The van der Waals surface area contributed by atoms with Crippen molar-refractivity contribution in [3.63, 3.8) is 0 Å². The van der Waals surface area contributed by atoms with Crippen molar-refractivity contribution in [2.45, 2.75) is 64.0 Å². The van der Waals surface area contributed by atoms with Crippen LogP contribution in [0.2, 0.25) is 0 Å². The minimum Gasteiger partial charge on any atom is -0.481 e. The van der Waals surface area contributed by atoms with Crippen LogP contribution in [0.25, 0.3) is 0 Å². The summed E-state index contributed by atoms with van der Waals surface area (Å²) in [7, 11) is 0. The highest BCUT2D eigenvalue weighted by Crippen LogP contribution is 2.32. The van der Waals surface area contributed by atoms with Crippen molar-refractivity contribution in [2.75, 3.05) is 6.54 Å². The molecule has 5 nitrogen and oxygen atoms in total. The number of benzene rings is 1. The molecule has 0 unspecified atom stereocenters. The fourth-order valence-electron chi connectivity index (χ4n) is 4.26. The van der Waals surface area contributed by atoms with E-state index in [1.807, 2.05) is 35.2 Å². The van der Waals surface area contributed by atoms with Gasteiger partial charge < -0.3 is 14.7 Å². The Morgan fingerprint density at radius 3 is 2.27 bits per heavy atom. The van der Waals surface area contributed by atoms with Crippen molar-refractivity contribution >= 4 is 12.1 Å². The van der Waals surface area contributed by atoms with Crippen molar-refractivity contribution in [1.82, 2.24) is 4.90 Å². The summed E-state index contributed by atoms with van der Waals surface area (Å²) < 4.78 is 5.60.